The Kier molecular flexibility index (Phi) is 5.69. The molecule has 2 saturated heterocycles. The maximum atomic E-state index is 14.3. The lowest BCUT2D eigenvalue weighted by atomic mass is 9.65. The molecule has 4 aromatic rings. The second kappa shape index (κ2) is 9.31. The van der Waals surface area contributed by atoms with Crippen molar-refractivity contribution in [2.45, 2.75) is 29.6 Å². The zero-order valence-electron chi connectivity index (χ0n) is 21.9. The summed E-state index contributed by atoms with van der Waals surface area (Å²) in [6, 6.07) is 30.3. The van der Waals surface area contributed by atoms with Gasteiger partial charge in [-0.25, -0.2) is 0 Å². The van der Waals surface area contributed by atoms with Crippen LogP contribution in [-0.2, 0) is 24.5 Å². The van der Waals surface area contributed by atoms with Crippen molar-refractivity contribution in [3.63, 3.8) is 0 Å². The Morgan fingerprint density at radius 2 is 1.39 bits per heavy atom. The summed E-state index contributed by atoms with van der Waals surface area (Å²) in [5.41, 5.74) is 8.06. The summed E-state index contributed by atoms with van der Waals surface area (Å²) in [6.45, 7) is 0. The number of amides is 2. The van der Waals surface area contributed by atoms with Gasteiger partial charge in [-0.1, -0.05) is 91.0 Å². The lowest BCUT2D eigenvalue weighted by Gasteiger charge is -2.46. The van der Waals surface area contributed by atoms with Gasteiger partial charge in [-0.2, -0.15) is 0 Å². The van der Waals surface area contributed by atoms with Gasteiger partial charge in [0.05, 0.1) is 18.0 Å². The molecule has 41 heavy (non-hydrogen) atoms. The molecule has 0 aliphatic carbocycles. The van der Waals surface area contributed by atoms with Crippen LogP contribution in [0.2, 0.25) is 0 Å². The Labute approximate surface area is 236 Å². The third-order valence-corrected chi connectivity index (χ3v) is 8.73. The predicted molar refractivity (Wildman–Crippen MR) is 150 cm³/mol. The molecule has 2 amide bonds. The third kappa shape index (κ3) is 3.54. The minimum Gasteiger partial charge on any atom is -0.508 e. The maximum absolute atomic E-state index is 14.3. The summed E-state index contributed by atoms with van der Waals surface area (Å²) in [6.07, 6.45) is -0.731. The highest BCUT2D eigenvalue weighted by Crippen LogP contribution is 2.64. The minimum atomic E-state index is -1.54. The van der Waals surface area contributed by atoms with Gasteiger partial charge in [-0.3, -0.25) is 19.3 Å². The van der Waals surface area contributed by atoms with E-state index < -0.39 is 53.3 Å². The van der Waals surface area contributed by atoms with E-state index in [1.54, 1.807) is 30.3 Å². The van der Waals surface area contributed by atoms with Crippen LogP contribution in [0.25, 0.3) is 0 Å². The fraction of sp³-hybridized carbons (Fsp3) is 0.182. The number of benzene rings is 4. The molecule has 0 radical (unpaired) electrons. The number of carbonyl (C=O) groups excluding carboxylic acids is 3. The number of fused-ring (bicyclic) bond motifs is 3. The van der Waals surface area contributed by atoms with E-state index in [4.69, 9.17) is 10.5 Å². The van der Waals surface area contributed by atoms with E-state index in [0.29, 0.717) is 16.8 Å². The highest BCUT2D eigenvalue weighted by atomic mass is 16.6. The van der Waals surface area contributed by atoms with Crippen LogP contribution in [0.1, 0.15) is 40.4 Å². The SMILES string of the molecule is NC(=O)[C@@H]1[C@H]2C(=O)O[C@H](c3ccccc3)[C@H](c3ccccc3)N2[C@H](c2ccc(O)cc2)[C@@]12C(=O)Nc1ccccc12. The fourth-order valence-corrected chi connectivity index (χ4v) is 7.24. The van der Waals surface area contributed by atoms with Crippen molar-refractivity contribution in [3.8, 4) is 5.75 Å². The van der Waals surface area contributed by atoms with Crippen LogP contribution in [-0.4, -0.2) is 33.8 Å². The monoisotopic (exact) mass is 545 g/mol. The van der Waals surface area contributed by atoms with Crippen LogP contribution in [0.15, 0.2) is 109 Å². The second-order valence-electron chi connectivity index (χ2n) is 10.8. The summed E-state index contributed by atoms with van der Waals surface area (Å²) in [5.74, 6) is -2.98. The van der Waals surface area contributed by atoms with Gasteiger partial charge in [-0.05, 0) is 40.5 Å². The zero-order valence-corrected chi connectivity index (χ0v) is 21.9. The number of anilines is 1. The van der Waals surface area contributed by atoms with Crippen molar-refractivity contribution < 1.29 is 24.2 Å². The third-order valence-electron chi connectivity index (χ3n) is 8.73. The summed E-state index contributed by atoms with van der Waals surface area (Å²) in [4.78, 5) is 43.9. The molecular formula is C33H27N3O5. The molecule has 4 aromatic carbocycles. The first-order valence-corrected chi connectivity index (χ1v) is 13.5. The molecule has 4 N–H and O–H groups in total. The van der Waals surface area contributed by atoms with Gasteiger partial charge in [0.25, 0.3) is 0 Å². The van der Waals surface area contributed by atoms with Crippen LogP contribution in [0.5, 0.6) is 5.75 Å². The topological polar surface area (TPSA) is 122 Å². The standard InChI is InChI=1S/C33H27N3O5/c34-30(38)25-27-31(39)41-28(20-11-5-2-6-12-20)26(19-9-3-1-4-10-19)36(27)29(21-15-17-22(37)18-16-21)33(25)23-13-7-8-14-24(23)35-32(33)40/h1-18,25-29,37H,(H2,34,38)(H,35,40)/t25-,26-,27-,28+,29+,33-/m0/s1. The number of para-hydroxylation sites is 1. The van der Waals surface area contributed by atoms with Gasteiger partial charge in [0.1, 0.15) is 23.3 Å². The molecule has 0 unspecified atom stereocenters. The van der Waals surface area contributed by atoms with E-state index in [0.717, 1.165) is 11.1 Å². The smallest absolute Gasteiger partial charge is 0.324 e. The number of carbonyl (C=O) groups is 3. The number of hydrogen-bond donors (Lipinski definition) is 3. The molecule has 3 aliphatic rings. The van der Waals surface area contributed by atoms with E-state index in [2.05, 4.69) is 5.32 Å². The average Bonchev–Trinajstić information content (AvgIpc) is 3.47. The summed E-state index contributed by atoms with van der Waals surface area (Å²) >= 11 is 0. The Bertz CT molecular complexity index is 1660. The van der Waals surface area contributed by atoms with Gasteiger partial charge in [0.15, 0.2) is 0 Å². The van der Waals surface area contributed by atoms with Crippen molar-refractivity contribution >= 4 is 23.5 Å². The Morgan fingerprint density at radius 3 is 2.05 bits per heavy atom. The first kappa shape index (κ1) is 25.0. The zero-order chi connectivity index (χ0) is 28.3. The minimum absolute atomic E-state index is 0.0555. The number of nitrogens with one attached hydrogen (secondary N) is 1. The number of phenolic OH excluding ortho intramolecular Hbond substituents is 1. The summed E-state index contributed by atoms with van der Waals surface area (Å²) in [7, 11) is 0. The first-order valence-electron chi connectivity index (χ1n) is 13.5. The number of nitrogens with two attached hydrogens (primary N) is 1. The van der Waals surface area contributed by atoms with E-state index in [-0.39, 0.29) is 5.75 Å². The van der Waals surface area contributed by atoms with E-state index in [9.17, 15) is 19.5 Å². The summed E-state index contributed by atoms with van der Waals surface area (Å²) < 4.78 is 6.20. The first-order chi connectivity index (χ1) is 19.9. The second-order valence-corrected chi connectivity index (χ2v) is 10.8. The number of ether oxygens (including phenoxy) is 1. The molecule has 7 rings (SSSR count). The van der Waals surface area contributed by atoms with Crippen molar-refractivity contribution in [2.24, 2.45) is 11.7 Å². The quantitative estimate of drug-likeness (QED) is 0.331. The Morgan fingerprint density at radius 1 is 0.780 bits per heavy atom. The normalized spacial score (nSPS) is 28.5. The highest BCUT2D eigenvalue weighted by Gasteiger charge is 2.73. The van der Waals surface area contributed by atoms with Crippen LogP contribution in [0, 0.1) is 5.92 Å². The molecule has 1 spiro atoms. The van der Waals surface area contributed by atoms with Crippen molar-refractivity contribution in [2.75, 3.05) is 5.32 Å². The van der Waals surface area contributed by atoms with Gasteiger partial charge < -0.3 is 20.9 Å². The average molecular weight is 546 g/mol. The maximum Gasteiger partial charge on any atom is 0.324 e. The molecule has 204 valence electrons. The van der Waals surface area contributed by atoms with Crippen molar-refractivity contribution in [1.82, 2.24) is 4.90 Å². The van der Waals surface area contributed by atoms with E-state index >= 15 is 0 Å². The molecule has 0 saturated carbocycles. The number of cyclic esters (lactones) is 1. The number of hydrogen-bond acceptors (Lipinski definition) is 6. The molecule has 3 aliphatic heterocycles. The van der Waals surface area contributed by atoms with E-state index in [1.807, 2.05) is 83.8 Å². The van der Waals surface area contributed by atoms with Crippen LogP contribution in [0.3, 0.4) is 0 Å². The number of rotatable bonds is 4. The molecule has 6 atom stereocenters. The van der Waals surface area contributed by atoms with Gasteiger partial charge >= 0.3 is 5.97 Å². The number of primary amides is 1. The van der Waals surface area contributed by atoms with Crippen LogP contribution in [0.4, 0.5) is 5.69 Å². The number of phenols is 1. The van der Waals surface area contributed by atoms with Gasteiger partial charge in [0, 0.05) is 5.69 Å². The van der Waals surface area contributed by atoms with Gasteiger partial charge in [-0.15, -0.1) is 0 Å². The Hall–Kier alpha value is -4.95. The largest absolute Gasteiger partial charge is 0.508 e. The number of nitrogens with zero attached hydrogens (tertiary/aromatic N) is 1. The van der Waals surface area contributed by atoms with Crippen LogP contribution < -0.4 is 11.1 Å². The molecule has 0 aromatic heterocycles. The summed E-state index contributed by atoms with van der Waals surface area (Å²) in [5, 5.41) is 13.1. The number of morpholine rings is 1. The molecule has 2 fully saturated rings. The van der Waals surface area contributed by atoms with Crippen molar-refractivity contribution in [1.29, 1.82) is 0 Å². The molecular weight excluding hydrogens is 518 g/mol. The fourth-order valence-electron chi connectivity index (χ4n) is 7.24. The van der Waals surface area contributed by atoms with Crippen molar-refractivity contribution in [3.05, 3.63) is 131 Å². The van der Waals surface area contributed by atoms with Gasteiger partial charge in [0.2, 0.25) is 11.8 Å². The lowest BCUT2D eigenvalue weighted by molar-refractivity contribution is -0.178. The molecule has 3 heterocycles. The predicted octanol–water partition coefficient (Wildman–Crippen LogP) is 4.15. The highest BCUT2D eigenvalue weighted by molar-refractivity contribution is 6.11. The Balaban J connectivity index is 1.56. The lowest BCUT2D eigenvalue weighted by Crippen LogP contribution is -2.53. The molecule has 8 nitrogen and oxygen atoms in total. The number of esters is 1. The van der Waals surface area contributed by atoms with E-state index in [1.165, 1.54) is 0 Å². The number of aromatic hydroxyl groups is 1. The van der Waals surface area contributed by atoms with Crippen LogP contribution >= 0.6 is 0 Å². The molecule has 0 bridgehead atoms. The molecule has 8 heteroatoms.